The van der Waals surface area contributed by atoms with Crippen LogP contribution in [0.25, 0.3) is 0 Å². The van der Waals surface area contributed by atoms with Gasteiger partial charge in [-0.05, 0) is 38.5 Å². The van der Waals surface area contributed by atoms with Crippen molar-refractivity contribution in [2.45, 2.75) is 91.9 Å². The fourth-order valence-electron chi connectivity index (χ4n) is 3.16. The number of hydrogen-bond acceptors (Lipinski definition) is 1. The molecular formula is C20H46FNO2. The predicted octanol–water partition coefficient (Wildman–Crippen LogP) is 1.98. The lowest BCUT2D eigenvalue weighted by Crippen LogP contribution is -3.00. The average Bonchev–Trinajstić information content (AvgIpc) is 3.13. The lowest BCUT2D eigenvalue weighted by atomic mass is 10.1. The minimum absolute atomic E-state index is 0. The fourth-order valence-corrected chi connectivity index (χ4v) is 3.16. The molecular weight excluding hydrogens is 305 g/mol. The van der Waals surface area contributed by atoms with Crippen molar-refractivity contribution >= 4 is 0 Å². The zero-order valence-electron chi connectivity index (χ0n) is 17.0. The van der Waals surface area contributed by atoms with Crippen molar-refractivity contribution in [3.8, 4) is 0 Å². The molecule has 150 valence electrons. The van der Waals surface area contributed by atoms with Gasteiger partial charge in [0.05, 0.1) is 26.2 Å². The summed E-state index contributed by atoms with van der Waals surface area (Å²) in [5, 5.41) is 0. The van der Waals surface area contributed by atoms with Gasteiger partial charge in [-0.15, -0.1) is 0 Å². The van der Waals surface area contributed by atoms with Crippen LogP contribution in [-0.2, 0) is 4.74 Å². The summed E-state index contributed by atoms with van der Waals surface area (Å²) in [6.45, 7) is 17.0. The first kappa shape index (κ1) is 28.6. The Hall–Kier alpha value is -0.190. The third-order valence-electron chi connectivity index (χ3n) is 4.77. The number of nitrogens with zero attached hydrogens (tertiary/aromatic N) is 1. The Bertz CT molecular complexity index is 179. The zero-order valence-corrected chi connectivity index (χ0v) is 17.0. The van der Waals surface area contributed by atoms with E-state index in [1.807, 2.05) is 0 Å². The highest BCUT2D eigenvalue weighted by molar-refractivity contribution is 4.49. The summed E-state index contributed by atoms with van der Waals surface area (Å²) >= 11 is 0. The van der Waals surface area contributed by atoms with Gasteiger partial charge in [0, 0.05) is 13.2 Å². The van der Waals surface area contributed by atoms with Gasteiger partial charge in [0.2, 0.25) is 0 Å². The summed E-state index contributed by atoms with van der Waals surface area (Å²) in [6.07, 6.45) is 13.6. The topological polar surface area (TPSA) is 40.7 Å². The fraction of sp³-hybridized carbons (Fsp3) is 1.00. The van der Waals surface area contributed by atoms with Gasteiger partial charge in [0.25, 0.3) is 0 Å². The van der Waals surface area contributed by atoms with Crippen molar-refractivity contribution in [1.29, 1.82) is 0 Å². The van der Waals surface area contributed by atoms with Crippen molar-refractivity contribution in [3.63, 3.8) is 0 Å². The van der Waals surface area contributed by atoms with Gasteiger partial charge in [-0.25, -0.2) is 0 Å². The van der Waals surface area contributed by atoms with Crippen LogP contribution in [0.5, 0.6) is 0 Å². The molecule has 0 aliphatic carbocycles. The van der Waals surface area contributed by atoms with Gasteiger partial charge in [-0.3, -0.25) is 0 Å². The summed E-state index contributed by atoms with van der Waals surface area (Å²) in [5.74, 6) is 0. The number of ether oxygens (including phenoxy) is 1. The molecule has 0 unspecified atom stereocenters. The van der Waals surface area contributed by atoms with Crippen molar-refractivity contribution in [1.82, 2.24) is 0 Å². The lowest BCUT2D eigenvalue weighted by molar-refractivity contribution is -0.929. The first-order chi connectivity index (χ1) is 10.7. The van der Waals surface area contributed by atoms with Crippen LogP contribution in [0.1, 0.15) is 91.9 Å². The summed E-state index contributed by atoms with van der Waals surface area (Å²) in [5.41, 5.74) is 0. The molecule has 1 fully saturated rings. The van der Waals surface area contributed by atoms with E-state index in [1.165, 1.54) is 94.9 Å². The summed E-state index contributed by atoms with van der Waals surface area (Å²) in [7, 11) is 0. The summed E-state index contributed by atoms with van der Waals surface area (Å²) < 4.78 is 6.36. The minimum atomic E-state index is 0. The molecule has 0 aromatic carbocycles. The van der Waals surface area contributed by atoms with Crippen LogP contribution in [0.4, 0.5) is 0 Å². The van der Waals surface area contributed by atoms with Crippen LogP contribution in [0.2, 0.25) is 0 Å². The molecule has 1 saturated heterocycles. The second-order valence-electron chi connectivity index (χ2n) is 6.97. The molecule has 1 rings (SSSR count). The molecule has 0 aromatic rings. The van der Waals surface area contributed by atoms with Crippen molar-refractivity contribution in [2.75, 3.05) is 39.4 Å². The van der Waals surface area contributed by atoms with E-state index in [9.17, 15) is 0 Å². The van der Waals surface area contributed by atoms with Crippen LogP contribution in [0, 0.1) is 0 Å². The smallest absolute Gasteiger partial charge is 0.0786 e. The van der Waals surface area contributed by atoms with Gasteiger partial charge in [-0.2, -0.15) is 0 Å². The van der Waals surface area contributed by atoms with Crippen LogP contribution >= 0.6 is 0 Å². The van der Waals surface area contributed by atoms with Crippen LogP contribution < -0.4 is 4.70 Å². The standard InChI is InChI=1S/C16H36N.C4H8O.FH.H2O/c1-5-9-13-17(14-10-6-2,15-11-7-3)16-12-8-4;1-2-4-5-3-1;;/h5-16H2,1-4H3;1-4H2;1H;1H2/q+1;;;/p-1. The Morgan fingerprint density at radius 3 is 1.08 bits per heavy atom. The molecule has 0 spiro atoms. The molecule has 0 atom stereocenters. The second-order valence-corrected chi connectivity index (χ2v) is 6.97. The molecule has 3 nitrogen and oxygen atoms in total. The predicted molar refractivity (Wildman–Crippen MR) is 103 cm³/mol. The van der Waals surface area contributed by atoms with Gasteiger partial charge in [0.15, 0.2) is 0 Å². The lowest BCUT2D eigenvalue weighted by Gasteiger charge is -2.39. The van der Waals surface area contributed by atoms with E-state index in [0.717, 1.165) is 13.2 Å². The number of unbranched alkanes of at least 4 members (excludes halogenated alkanes) is 4. The Morgan fingerprint density at radius 1 is 0.625 bits per heavy atom. The highest BCUT2D eigenvalue weighted by Crippen LogP contribution is 2.16. The van der Waals surface area contributed by atoms with Crippen molar-refractivity contribution in [2.24, 2.45) is 0 Å². The van der Waals surface area contributed by atoms with Crippen LogP contribution in [0.3, 0.4) is 0 Å². The SMILES string of the molecule is C1CCOC1.CCCC[N+](CCCC)(CCCC)CCCC.O.[F-]. The monoisotopic (exact) mass is 351 g/mol. The Balaban J connectivity index is -0.000000535. The maximum atomic E-state index is 4.94. The molecule has 2 N–H and O–H groups in total. The molecule has 0 radical (unpaired) electrons. The van der Waals surface area contributed by atoms with Gasteiger partial charge < -0.3 is 19.4 Å². The van der Waals surface area contributed by atoms with E-state index >= 15 is 0 Å². The number of hydrogen-bond donors (Lipinski definition) is 0. The first-order valence-corrected chi connectivity index (χ1v) is 10.2. The highest BCUT2D eigenvalue weighted by atomic mass is 19.0. The molecule has 4 heteroatoms. The average molecular weight is 352 g/mol. The normalized spacial score (nSPS) is 13.5. The van der Waals surface area contributed by atoms with E-state index in [2.05, 4.69) is 27.7 Å². The van der Waals surface area contributed by atoms with E-state index in [4.69, 9.17) is 4.74 Å². The molecule has 0 bridgehead atoms. The van der Waals surface area contributed by atoms with Crippen LogP contribution in [0.15, 0.2) is 0 Å². The third kappa shape index (κ3) is 15.3. The minimum Gasteiger partial charge on any atom is -1.00 e. The quantitative estimate of drug-likeness (QED) is 0.496. The second kappa shape index (κ2) is 20.9. The summed E-state index contributed by atoms with van der Waals surface area (Å²) in [6, 6.07) is 0. The highest BCUT2D eigenvalue weighted by Gasteiger charge is 2.24. The van der Waals surface area contributed by atoms with Gasteiger partial charge >= 0.3 is 0 Å². The van der Waals surface area contributed by atoms with E-state index in [-0.39, 0.29) is 10.2 Å². The molecule has 24 heavy (non-hydrogen) atoms. The first-order valence-electron chi connectivity index (χ1n) is 10.2. The molecule has 1 aliphatic heterocycles. The third-order valence-corrected chi connectivity index (χ3v) is 4.77. The van der Waals surface area contributed by atoms with Crippen molar-refractivity contribution in [3.05, 3.63) is 0 Å². The van der Waals surface area contributed by atoms with E-state index in [1.54, 1.807) is 0 Å². The molecule has 0 amide bonds. The Morgan fingerprint density at radius 2 is 0.917 bits per heavy atom. The van der Waals surface area contributed by atoms with E-state index in [0.29, 0.717) is 0 Å². The van der Waals surface area contributed by atoms with Crippen LogP contribution in [-0.4, -0.2) is 49.4 Å². The molecule has 1 heterocycles. The maximum absolute atomic E-state index is 4.94. The molecule has 0 saturated carbocycles. The number of halogens is 1. The van der Waals surface area contributed by atoms with Gasteiger partial charge in [-0.1, -0.05) is 53.4 Å². The molecule has 1 aliphatic rings. The largest absolute Gasteiger partial charge is 1.00 e. The maximum Gasteiger partial charge on any atom is 0.0786 e. The Labute approximate surface area is 151 Å². The number of rotatable bonds is 12. The Kier molecular flexibility index (Phi) is 24.9. The molecule has 0 aromatic heterocycles. The van der Waals surface area contributed by atoms with Crippen molar-refractivity contribution < 1.29 is 19.4 Å². The van der Waals surface area contributed by atoms with Gasteiger partial charge in [0.1, 0.15) is 0 Å². The number of quaternary nitrogens is 1. The zero-order chi connectivity index (χ0) is 16.5. The summed E-state index contributed by atoms with van der Waals surface area (Å²) in [4.78, 5) is 0. The van der Waals surface area contributed by atoms with E-state index < -0.39 is 0 Å².